The Morgan fingerprint density at radius 1 is 1.13 bits per heavy atom. The lowest BCUT2D eigenvalue weighted by Gasteiger charge is -2.56. The Balaban J connectivity index is 1.87. The molecule has 4 aliphatic rings. The minimum atomic E-state index is 0.290. The summed E-state index contributed by atoms with van der Waals surface area (Å²) >= 11 is 0. The lowest BCUT2D eigenvalue weighted by Crippen LogP contribution is -2.66. The van der Waals surface area contributed by atoms with Crippen LogP contribution in [0.3, 0.4) is 0 Å². The van der Waals surface area contributed by atoms with Crippen molar-refractivity contribution in [3.05, 3.63) is 0 Å². The Labute approximate surface area is 91.4 Å². The summed E-state index contributed by atoms with van der Waals surface area (Å²) in [4.78, 5) is 16.4. The molecule has 4 heterocycles. The molecular weight excluding hydrogens is 188 g/mol. The Morgan fingerprint density at radius 2 is 1.87 bits per heavy atom. The molecule has 4 aliphatic heterocycles. The van der Waals surface area contributed by atoms with Crippen molar-refractivity contribution in [3.8, 4) is 0 Å². The Bertz CT molecular complexity index is 271. The molecule has 2 unspecified atom stereocenters. The second-order valence-corrected chi connectivity index (χ2v) is 5.29. The number of likely N-dealkylation sites (tertiary alicyclic amines) is 1. The van der Waals surface area contributed by atoms with E-state index in [1.807, 2.05) is 0 Å². The summed E-state index contributed by atoms with van der Waals surface area (Å²) < 4.78 is 0. The molecule has 0 aromatic rings. The van der Waals surface area contributed by atoms with Crippen LogP contribution in [-0.2, 0) is 4.79 Å². The van der Waals surface area contributed by atoms with Gasteiger partial charge in [-0.3, -0.25) is 9.69 Å². The highest BCUT2D eigenvalue weighted by atomic mass is 16.2. The number of nitrogens with zero attached hydrogens (tertiary/aromatic N) is 2. The molecule has 2 atom stereocenters. The number of hydrogen-bond donors (Lipinski definition) is 0. The van der Waals surface area contributed by atoms with E-state index >= 15 is 0 Å². The van der Waals surface area contributed by atoms with E-state index in [0.29, 0.717) is 18.0 Å². The van der Waals surface area contributed by atoms with Gasteiger partial charge >= 0.3 is 0 Å². The average Bonchev–Trinajstić information content (AvgIpc) is 2.30. The average molecular weight is 208 g/mol. The molecule has 4 saturated heterocycles. The van der Waals surface area contributed by atoms with E-state index in [2.05, 4.69) is 9.80 Å². The SMILES string of the molecule is CC(=O)N1CCCC2C1C1CCN2CC1. The Morgan fingerprint density at radius 3 is 2.53 bits per heavy atom. The van der Waals surface area contributed by atoms with Crippen molar-refractivity contribution in [1.82, 2.24) is 9.80 Å². The van der Waals surface area contributed by atoms with Gasteiger partial charge in [0.05, 0.1) is 6.04 Å². The Hall–Kier alpha value is -0.570. The summed E-state index contributed by atoms with van der Waals surface area (Å²) in [6.07, 6.45) is 5.13. The predicted molar refractivity (Wildman–Crippen MR) is 58.5 cm³/mol. The van der Waals surface area contributed by atoms with Crippen LogP contribution in [0.25, 0.3) is 0 Å². The third-order valence-electron chi connectivity index (χ3n) is 4.58. The summed E-state index contributed by atoms with van der Waals surface area (Å²) in [6, 6.07) is 1.24. The van der Waals surface area contributed by atoms with E-state index in [-0.39, 0.29) is 0 Å². The van der Waals surface area contributed by atoms with Crippen LogP contribution in [0.15, 0.2) is 0 Å². The largest absolute Gasteiger partial charge is 0.338 e. The van der Waals surface area contributed by atoms with Crippen LogP contribution < -0.4 is 0 Å². The molecule has 3 nitrogen and oxygen atoms in total. The summed E-state index contributed by atoms with van der Waals surface area (Å²) in [6.45, 7) is 5.29. The highest BCUT2D eigenvalue weighted by Crippen LogP contribution is 2.39. The van der Waals surface area contributed by atoms with Gasteiger partial charge in [-0.1, -0.05) is 0 Å². The predicted octanol–water partition coefficient (Wildman–Crippen LogP) is 1.09. The van der Waals surface area contributed by atoms with Crippen molar-refractivity contribution < 1.29 is 4.79 Å². The number of piperidine rings is 4. The number of amides is 1. The van der Waals surface area contributed by atoms with Crippen LogP contribution >= 0.6 is 0 Å². The normalized spacial score (nSPS) is 43.9. The minimum Gasteiger partial charge on any atom is -0.338 e. The molecule has 0 saturated carbocycles. The van der Waals surface area contributed by atoms with Crippen molar-refractivity contribution >= 4 is 5.91 Å². The number of rotatable bonds is 0. The maximum absolute atomic E-state index is 11.6. The number of carbonyl (C=O) groups is 1. The molecule has 0 N–H and O–H groups in total. The van der Waals surface area contributed by atoms with Crippen LogP contribution in [0, 0.1) is 5.92 Å². The molecule has 15 heavy (non-hydrogen) atoms. The zero-order valence-electron chi connectivity index (χ0n) is 9.48. The van der Waals surface area contributed by atoms with Gasteiger partial charge in [0.15, 0.2) is 0 Å². The summed E-state index contributed by atoms with van der Waals surface area (Å²) in [7, 11) is 0. The molecule has 3 heteroatoms. The smallest absolute Gasteiger partial charge is 0.219 e. The fourth-order valence-electron chi connectivity index (χ4n) is 3.93. The van der Waals surface area contributed by atoms with Gasteiger partial charge in [0.2, 0.25) is 5.91 Å². The van der Waals surface area contributed by atoms with Crippen molar-refractivity contribution in [2.75, 3.05) is 19.6 Å². The van der Waals surface area contributed by atoms with E-state index in [1.165, 1.54) is 38.8 Å². The van der Waals surface area contributed by atoms with Crippen LogP contribution in [0.1, 0.15) is 32.6 Å². The van der Waals surface area contributed by atoms with E-state index in [0.717, 1.165) is 12.5 Å². The van der Waals surface area contributed by atoms with Crippen LogP contribution in [0.2, 0.25) is 0 Å². The molecule has 0 radical (unpaired) electrons. The van der Waals surface area contributed by atoms with Crippen molar-refractivity contribution in [2.45, 2.75) is 44.7 Å². The molecule has 0 aromatic heterocycles. The molecule has 2 bridgehead atoms. The van der Waals surface area contributed by atoms with Crippen LogP contribution in [-0.4, -0.2) is 47.4 Å². The van der Waals surface area contributed by atoms with E-state index in [1.54, 1.807) is 6.92 Å². The van der Waals surface area contributed by atoms with Crippen molar-refractivity contribution in [3.63, 3.8) is 0 Å². The summed E-state index contributed by atoms with van der Waals surface area (Å²) in [5.74, 6) is 1.09. The zero-order chi connectivity index (χ0) is 10.4. The summed E-state index contributed by atoms with van der Waals surface area (Å²) in [5, 5.41) is 0. The third kappa shape index (κ3) is 1.40. The third-order valence-corrected chi connectivity index (χ3v) is 4.58. The molecule has 0 aliphatic carbocycles. The second kappa shape index (κ2) is 3.48. The zero-order valence-corrected chi connectivity index (χ0v) is 9.48. The Kier molecular flexibility index (Phi) is 2.23. The van der Waals surface area contributed by atoms with Crippen molar-refractivity contribution in [1.29, 1.82) is 0 Å². The van der Waals surface area contributed by atoms with Gasteiger partial charge in [-0.25, -0.2) is 0 Å². The van der Waals surface area contributed by atoms with Gasteiger partial charge in [-0.05, 0) is 44.7 Å². The highest BCUT2D eigenvalue weighted by Gasteiger charge is 2.46. The number of hydrogen-bond acceptors (Lipinski definition) is 2. The van der Waals surface area contributed by atoms with Gasteiger partial charge in [-0.15, -0.1) is 0 Å². The molecule has 1 amide bonds. The standard InChI is InChI=1S/C12H20N2O/c1-9(15)14-6-2-3-11-12(14)10-4-7-13(11)8-5-10/h10-12H,2-8H2,1H3. The lowest BCUT2D eigenvalue weighted by molar-refractivity contribution is -0.143. The molecule has 4 rings (SSSR count). The highest BCUT2D eigenvalue weighted by molar-refractivity contribution is 5.74. The van der Waals surface area contributed by atoms with Gasteiger partial charge in [-0.2, -0.15) is 0 Å². The molecule has 84 valence electrons. The minimum absolute atomic E-state index is 0.290. The van der Waals surface area contributed by atoms with Gasteiger partial charge < -0.3 is 4.90 Å². The molecule has 0 aromatic carbocycles. The monoisotopic (exact) mass is 208 g/mol. The van der Waals surface area contributed by atoms with Crippen molar-refractivity contribution in [2.24, 2.45) is 5.92 Å². The summed E-state index contributed by atoms with van der Waals surface area (Å²) in [5.41, 5.74) is 0. The van der Waals surface area contributed by atoms with Crippen LogP contribution in [0.5, 0.6) is 0 Å². The number of fused-ring (bicyclic) bond motifs is 2. The molecule has 0 spiro atoms. The van der Waals surface area contributed by atoms with E-state index in [4.69, 9.17) is 0 Å². The molecule has 4 fully saturated rings. The van der Waals surface area contributed by atoms with Gasteiger partial charge in [0, 0.05) is 19.5 Å². The first-order valence-corrected chi connectivity index (χ1v) is 6.28. The maximum Gasteiger partial charge on any atom is 0.219 e. The lowest BCUT2D eigenvalue weighted by atomic mass is 9.74. The van der Waals surface area contributed by atoms with E-state index in [9.17, 15) is 4.79 Å². The number of carbonyl (C=O) groups excluding carboxylic acids is 1. The van der Waals surface area contributed by atoms with Gasteiger partial charge in [0.25, 0.3) is 0 Å². The van der Waals surface area contributed by atoms with E-state index < -0.39 is 0 Å². The molecular formula is C12H20N2O. The second-order valence-electron chi connectivity index (χ2n) is 5.29. The first kappa shape index (κ1) is 9.64. The topological polar surface area (TPSA) is 23.6 Å². The first-order valence-electron chi connectivity index (χ1n) is 6.28. The van der Waals surface area contributed by atoms with Crippen LogP contribution in [0.4, 0.5) is 0 Å². The van der Waals surface area contributed by atoms with Gasteiger partial charge in [0.1, 0.15) is 0 Å². The quantitative estimate of drug-likeness (QED) is 0.595. The first-order chi connectivity index (χ1) is 7.27. The fourth-order valence-corrected chi connectivity index (χ4v) is 3.93. The fraction of sp³-hybridized carbons (Fsp3) is 0.917. The maximum atomic E-state index is 11.6.